The predicted molar refractivity (Wildman–Crippen MR) is 70.9 cm³/mol. The van der Waals surface area contributed by atoms with Crippen LogP contribution in [0.15, 0.2) is 11.6 Å². The molecule has 0 fully saturated rings. The van der Waals surface area contributed by atoms with Gasteiger partial charge in [-0.15, -0.1) is 35.3 Å². The zero-order valence-corrected chi connectivity index (χ0v) is 11.6. The molecule has 0 atom stereocenters. The van der Waals surface area contributed by atoms with Crippen molar-refractivity contribution in [1.29, 1.82) is 0 Å². The Hall–Kier alpha value is 0.480. The molecule has 0 N–H and O–H groups in total. The van der Waals surface area contributed by atoms with Gasteiger partial charge in [0.2, 0.25) is 0 Å². The van der Waals surface area contributed by atoms with Crippen LogP contribution in [-0.2, 0) is 0 Å². The molecule has 6 heteroatoms. The van der Waals surface area contributed by atoms with Crippen LogP contribution in [0.1, 0.15) is 0 Å². The zero-order chi connectivity index (χ0) is 10.4. The molecule has 0 saturated carbocycles. The summed E-state index contributed by atoms with van der Waals surface area (Å²) in [6, 6.07) is 0. The monoisotopic (exact) mass is 267 g/mol. The largest absolute Gasteiger partial charge is 0.467 e. The summed E-state index contributed by atoms with van der Waals surface area (Å²) in [5.74, 6) is 0. The first-order valence-electron chi connectivity index (χ1n) is 3.94. The standard InChI is InChI=1S/C8H13NOS4/c1-11-8(12-2,13-3)6-10-7-9-4-5-14-7/h4-5H,6H2,1-3H3. The Balaban J connectivity index is 2.48. The number of hydrogen-bond donors (Lipinski definition) is 0. The highest BCUT2D eigenvalue weighted by Gasteiger charge is 2.28. The van der Waals surface area contributed by atoms with Crippen molar-refractivity contribution in [3.8, 4) is 5.19 Å². The molecule has 1 heterocycles. The van der Waals surface area contributed by atoms with Gasteiger partial charge in [0.05, 0.1) is 0 Å². The Bertz CT molecular complexity index is 240. The lowest BCUT2D eigenvalue weighted by atomic mass is 10.8. The van der Waals surface area contributed by atoms with E-state index in [4.69, 9.17) is 4.74 Å². The van der Waals surface area contributed by atoms with E-state index in [1.54, 1.807) is 6.20 Å². The third kappa shape index (κ3) is 3.25. The summed E-state index contributed by atoms with van der Waals surface area (Å²) in [4.78, 5) is 4.09. The molecule has 0 aliphatic rings. The normalized spacial score (nSPS) is 11.6. The zero-order valence-electron chi connectivity index (χ0n) is 8.35. The number of nitrogens with zero attached hydrogens (tertiary/aromatic N) is 1. The molecular weight excluding hydrogens is 254 g/mol. The van der Waals surface area contributed by atoms with Gasteiger partial charge in [-0.2, -0.15) is 0 Å². The molecule has 0 spiro atoms. The third-order valence-electron chi connectivity index (χ3n) is 1.72. The van der Waals surface area contributed by atoms with Crippen molar-refractivity contribution < 1.29 is 4.74 Å². The predicted octanol–water partition coefficient (Wildman–Crippen LogP) is 3.26. The van der Waals surface area contributed by atoms with E-state index in [9.17, 15) is 0 Å². The van der Waals surface area contributed by atoms with Gasteiger partial charge in [0.15, 0.2) is 0 Å². The molecule has 1 rings (SSSR count). The van der Waals surface area contributed by atoms with Crippen LogP contribution < -0.4 is 4.74 Å². The van der Waals surface area contributed by atoms with Gasteiger partial charge >= 0.3 is 0 Å². The maximum absolute atomic E-state index is 5.63. The topological polar surface area (TPSA) is 22.1 Å². The van der Waals surface area contributed by atoms with Crippen molar-refractivity contribution >= 4 is 46.6 Å². The van der Waals surface area contributed by atoms with Crippen LogP contribution in [0, 0.1) is 0 Å². The van der Waals surface area contributed by atoms with Gasteiger partial charge < -0.3 is 4.74 Å². The van der Waals surface area contributed by atoms with Gasteiger partial charge in [0, 0.05) is 11.6 Å². The number of thiazole rings is 1. The minimum Gasteiger partial charge on any atom is -0.467 e. The average Bonchev–Trinajstić information content (AvgIpc) is 2.74. The molecule has 14 heavy (non-hydrogen) atoms. The summed E-state index contributed by atoms with van der Waals surface area (Å²) in [6.07, 6.45) is 8.09. The Kier molecular flexibility index (Phi) is 5.51. The van der Waals surface area contributed by atoms with Crippen molar-refractivity contribution in [2.75, 3.05) is 25.4 Å². The second kappa shape index (κ2) is 6.15. The third-order valence-corrected chi connectivity index (χ3v) is 7.62. The lowest BCUT2D eigenvalue weighted by molar-refractivity contribution is 0.329. The van der Waals surface area contributed by atoms with E-state index in [0.29, 0.717) is 6.61 Å². The van der Waals surface area contributed by atoms with E-state index in [-0.39, 0.29) is 3.41 Å². The first-order chi connectivity index (χ1) is 6.76. The van der Waals surface area contributed by atoms with Gasteiger partial charge in [0.25, 0.3) is 5.19 Å². The molecule has 1 aromatic heterocycles. The lowest BCUT2D eigenvalue weighted by Gasteiger charge is -2.26. The second-order valence-electron chi connectivity index (χ2n) is 2.38. The van der Waals surface area contributed by atoms with Crippen molar-refractivity contribution in [1.82, 2.24) is 4.98 Å². The summed E-state index contributed by atoms with van der Waals surface area (Å²) in [5, 5.41) is 2.68. The van der Waals surface area contributed by atoms with Gasteiger partial charge in [0.1, 0.15) is 10.0 Å². The molecular formula is C8H13NOS4. The van der Waals surface area contributed by atoms with E-state index in [1.807, 2.05) is 40.7 Å². The maximum atomic E-state index is 5.63. The van der Waals surface area contributed by atoms with Crippen LogP contribution in [0.5, 0.6) is 5.19 Å². The lowest BCUT2D eigenvalue weighted by Crippen LogP contribution is -2.23. The fourth-order valence-corrected chi connectivity index (χ4v) is 3.88. The van der Waals surface area contributed by atoms with Crippen molar-refractivity contribution in [2.24, 2.45) is 0 Å². The summed E-state index contributed by atoms with van der Waals surface area (Å²) in [7, 11) is 0. The highest BCUT2D eigenvalue weighted by Crippen LogP contribution is 2.43. The molecule has 0 saturated heterocycles. The van der Waals surface area contributed by atoms with E-state index in [0.717, 1.165) is 5.19 Å². The molecule has 2 nitrogen and oxygen atoms in total. The van der Waals surface area contributed by atoms with Crippen LogP contribution in [0.2, 0.25) is 0 Å². The molecule has 0 amide bonds. The molecule has 0 radical (unpaired) electrons. The fourth-order valence-electron chi connectivity index (χ4n) is 0.859. The highest BCUT2D eigenvalue weighted by atomic mass is 32.3. The number of thioether (sulfide) groups is 3. The first kappa shape index (κ1) is 12.5. The number of hydrogen-bond acceptors (Lipinski definition) is 6. The minimum absolute atomic E-state index is 0.0890. The van der Waals surface area contributed by atoms with E-state index in [2.05, 4.69) is 23.8 Å². The summed E-state index contributed by atoms with van der Waals surface area (Å²) in [5.41, 5.74) is 0. The van der Waals surface area contributed by atoms with Crippen LogP contribution in [-0.4, -0.2) is 33.8 Å². The number of rotatable bonds is 6. The van der Waals surface area contributed by atoms with Crippen molar-refractivity contribution in [3.63, 3.8) is 0 Å². The molecule has 1 aromatic rings. The average molecular weight is 267 g/mol. The summed E-state index contributed by atoms with van der Waals surface area (Å²) < 4.78 is 5.72. The molecule has 0 aliphatic carbocycles. The Labute approximate surface area is 102 Å². The molecule has 0 aliphatic heterocycles. The van der Waals surface area contributed by atoms with Crippen molar-refractivity contribution in [2.45, 2.75) is 3.41 Å². The van der Waals surface area contributed by atoms with Gasteiger partial charge in [-0.25, -0.2) is 4.98 Å². The van der Waals surface area contributed by atoms with E-state index < -0.39 is 0 Å². The quantitative estimate of drug-likeness (QED) is 0.736. The smallest absolute Gasteiger partial charge is 0.273 e. The summed E-state index contributed by atoms with van der Waals surface area (Å²) >= 11 is 6.98. The van der Waals surface area contributed by atoms with E-state index >= 15 is 0 Å². The Morgan fingerprint density at radius 3 is 2.43 bits per heavy atom. The van der Waals surface area contributed by atoms with Crippen LogP contribution in [0.3, 0.4) is 0 Å². The molecule has 80 valence electrons. The van der Waals surface area contributed by atoms with Crippen molar-refractivity contribution in [3.05, 3.63) is 11.6 Å². The maximum Gasteiger partial charge on any atom is 0.273 e. The first-order valence-corrected chi connectivity index (χ1v) is 8.49. The number of aromatic nitrogens is 1. The summed E-state index contributed by atoms with van der Waals surface area (Å²) in [6.45, 7) is 0.685. The molecule has 0 aromatic carbocycles. The molecule has 0 unspecified atom stereocenters. The highest BCUT2D eigenvalue weighted by molar-refractivity contribution is 8.33. The van der Waals surface area contributed by atoms with Crippen LogP contribution in [0.25, 0.3) is 0 Å². The second-order valence-corrected chi connectivity index (χ2v) is 7.33. The number of ether oxygens (including phenoxy) is 1. The minimum atomic E-state index is 0.0890. The Morgan fingerprint density at radius 1 is 1.36 bits per heavy atom. The van der Waals surface area contributed by atoms with Gasteiger partial charge in [-0.3, -0.25) is 0 Å². The molecule has 0 bridgehead atoms. The van der Waals surface area contributed by atoms with E-state index in [1.165, 1.54) is 11.3 Å². The van der Waals surface area contributed by atoms with Gasteiger partial charge in [-0.05, 0) is 18.8 Å². The Morgan fingerprint density at radius 2 is 2.00 bits per heavy atom. The fraction of sp³-hybridized carbons (Fsp3) is 0.625. The van der Waals surface area contributed by atoms with Crippen LogP contribution >= 0.6 is 46.6 Å². The van der Waals surface area contributed by atoms with Crippen LogP contribution in [0.4, 0.5) is 0 Å². The van der Waals surface area contributed by atoms with Gasteiger partial charge in [-0.1, -0.05) is 11.3 Å². The SMILES string of the molecule is CSC(COc1nccs1)(SC)SC.